The van der Waals surface area contributed by atoms with Crippen molar-refractivity contribution in [3.63, 3.8) is 0 Å². The summed E-state index contributed by atoms with van der Waals surface area (Å²) in [5, 5.41) is 0. The molecule has 2 aromatic carbocycles. The van der Waals surface area contributed by atoms with E-state index in [2.05, 4.69) is 17.6 Å². The molecule has 112 valence electrons. The quantitative estimate of drug-likeness (QED) is 0.636. The molecule has 0 aliphatic rings. The van der Waals surface area contributed by atoms with Crippen LogP contribution in [0, 0.1) is 0 Å². The predicted molar refractivity (Wildman–Crippen MR) is 74.8 cm³/mol. The second-order valence-electron chi connectivity index (χ2n) is 4.61. The van der Waals surface area contributed by atoms with E-state index in [9.17, 15) is 13.2 Å². The lowest BCUT2D eigenvalue weighted by Crippen LogP contribution is -2.20. The third-order valence-corrected chi connectivity index (χ3v) is 2.96. The summed E-state index contributed by atoms with van der Waals surface area (Å²) >= 11 is 0. The van der Waals surface area contributed by atoms with Gasteiger partial charge in [-0.15, -0.1) is 0 Å². The van der Waals surface area contributed by atoms with Crippen molar-refractivity contribution in [2.75, 3.05) is 6.54 Å². The lowest BCUT2D eigenvalue weighted by molar-refractivity contribution is -0.137. The van der Waals surface area contributed by atoms with E-state index in [1.54, 1.807) is 0 Å². The average molecular weight is 295 g/mol. The highest BCUT2D eigenvalue weighted by molar-refractivity contribution is 5.28. The van der Waals surface area contributed by atoms with E-state index in [0.29, 0.717) is 12.3 Å². The fourth-order valence-electron chi connectivity index (χ4n) is 1.86. The first kappa shape index (κ1) is 15.4. The maximum absolute atomic E-state index is 12.4. The smallest absolute Gasteiger partial charge is 0.409 e. The van der Waals surface area contributed by atoms with Crippen LogP contribution in [0.25, 0.3) is 0 Å². The number of aryl methyl sites for hydroxylation is 1. The average Bonchev–Trinajstić information content (AvgIpc) is 2.47. The monoisotopic (exact) mass is 295 g/mol. The van der Waals surface area contributed by atoms with Crippen LogP contribution in [0.4, 0.5) is 13.2 Å². The van der Waals surface area contributed by atoms with E-state index in [4.69, 9.17) is 4.84 Å². The van der Waals surface area contributed by atoms with Crippen molar-refractivity contribution in [1.29, 1.82) is 0 Å². The van der Waals surface area contributed by atoms with Crippen molar-refractivity contribution in [2.45, 2.75) is 19.0 Å². The molecule has 0 unspecified atom stereocenters. The van der Waals surface area contributed by atoms with Crippen molar-refractivity contribution in [3.05, 3.63) is 65.7 Å². The normalized spacial score (nSPS) is 11.4. The molecule has 0 saturated carbocycles. The summed E-state index contributed by atoms with van der Waals surface area (Å²) in [7, 11) is 0. The molecule has 0 saturated heterocycles. The number of hydrogen-bond donors (Lipinski definition) is 1. The van der Waals surface area contributed by atoms with Gasteiger partial charge in [0.25, 0.3) is 0 Å². The molecule has 2 aromatic rings. The van der Waals surface area contributed by atoms with Gasteiger partial charge in [0.1, 0.15) is 5.75 Å². The van der Waals surface area contributed by atoms with Crippen molar-refractivity contribution >= 4 is 0 Å². The molecule has 5 heteroatoms. The highest BCUT2D eigenvalue weighted by Gasteiger charge is 2.29. The Morgan fingerprint density at radius 1 is 0.905 bits per heavy atom. The number of rotatable bonds is 6. The molecule has 0 fully saturated rings. The SMILES string of the molecule is FC(F)(F)c1ccc(ONCCCc2ccccc2)cc1. The van der Waals surface area contributed by atoms with Crippen LogP contribution in [-0.4, -0.2) is 6.54 Å². The van der Waals surface area contributed by atoms with Crippen LogP contribution in [0.5, 0.6) is 5.75 Å². The summed E-state index contributed by atoms with van der Waals surface area (Å²) < 4.78 is 37.1. The van der Waals surface area contributed by atoms with Crippen molar-refractivity contribution < 1.29 is 18.0 Å². The van der Waals surface area contributed by atoms with Gasteiger partial charge in [-0.2, -0.15) is 18.7 Å². The summed E-state index contributed by atoms with van der Waals surface area (Å²) in [6.45, 7) is 0.621. The van der Waals surface area contributed by atoms with Crippen LogP contribution >= 0.6 is 0 Å². The predicted octanol–water partition coefficient (Wildman–Crippen LogP) is 4.22. The Hall–Kier alpha value is -2.01. The molecule has 0 radical (unpaired) electrons. The Balaban J connectivity index is 1.69. The zero-order chi connectivity index (χ0) is 15.1. The number of alkyl halides is 3. The molecule has 0 amide bonds. The molecule has 0 aliphatic heterocycles. The van der Waals surface area contributed by atoms with Gasteiger partial charge in [-0.3, -0.25) is 0 Å². The molecule has 21 heavy (non-hydrogen) atoms. The second kappa shape index (κ2) is 7.13. The van der Waals surface area contributed by atoms with Crippen molar-refractivity contribution in [3.8, 4) is 5.75 Å². The molecule has 0 bridgehead atoms. The zero-order valence-corrected chi connectivity index (χ0v) is 11.4. The van der Waals surface area contributed by atoms with Crippen LogP contribution < -0.4 is 10.3 Å². The van der Waals surface area contributed by atoms with Gasteiger partial charge in [-0.05, 0) is 42.7 Å². The topological polar surface area (TPSA) is 21.3 Å². The molecule has 0 aromatic heterocycles. The van der Waals surface area contributed by atoms with E-state index in [1.807, 2.05) is 18.2 Å². The molecule has 0 spiro atoms. The van der Waals surface area contributed by atoms with Gasteiger partial charge in [-0.1, -0.05) is 30.3 Å². The number of hydrogen-bond acceptors (Lipinski definition) is 2. The first-order chi connectivity index (χ1) is 10.1. The van der Waals surface area contributed by atoms with E-state index < -0.39 is 11.7 Å². The maximum Gasteiger partial charge on any atom is 0.416 e. The summed E-state index contributed by atoms with van der Waals surface area (Å²) in [6.07, 6.45) is -2.52. The standard InChI is InChI=1S/C16H16F3NO/c17-16(18,19)14-8-10-15(11-9-14)21-20-12-4-7-13-5-2-1-3-6-13/h1-3,5-6,8-11,20H,4,7,12H2. The summed E-state index contributed by atoms with van der Waals surface area (Å²) in [5.41, 5.74) is 3.31. The summed E-state index contributed by atoms with van der Waals surface area (Å²) in [5.74, 6) is 0.364. The van der Waals surface area contributed by atoms with Gasteiger partial charge in [-0.25, -0.2) is 0 Å². The van der Waals surface area contributed by atoms with Gasteiger partial charge >= 0.3 is 6.18 Å². The van der Waals surface area contributed by atoms with Gasteiger partial charge < -0.3 is 4.84 Å². The molecule has 0 heterocycles. The number of nitrogens with one attached hydrogen (secondary N) is 1. The van der Waals surface area contributed by atoms with E-state index >= 15 is 0 Å². The largest absolute Gasteiger partial charge is 0.416 e. The van der Waals surface area contributed by atoms with Crippen LogP contribution in [0.15, 0.2) is 54.6 Å². The van der Waals surface area contributed by atoms with Crippen LogP contribution in [0.3, 0.4) is 0 Å². The van der Waals surface area contributed by atoms with Crippen LogP contribution in [-0.2, 0) is 12.6 Å². The first-order valence-electron chi connectivity index (χ1n) is 6.66. The fraction of sp³-hybridized carbons (Fsp3) is 0.250. The van der Waals surface area contributed by atoms with E-state index in [1.165, 1.54) is 17.7 Å². The van der Waals surface area contributed by atoms with Gasteiger partial charge in [0, 0.05) is 6.54 Å². The van der Waals surface area contributed by atoms with Crippen molar-refractivity contribution in [1.82, 2.24) is 5.48 Å². The lowest BCUT2D eigenvalue weighted by Gasteiger charge is -2.09. The minimum atomic E-state index is -4.32. The van der Waals surface area contributed by atoms with Crippen LogP contribution in [0.1, 0.15) is 17.5 Å². The molecule has 0 atom stereocenters. The van der Waals surface area contributed by atoms with Gasteiger partial charge in [0.2, 0.25) is 0 Å². The maximum atomic E-state index is 12.4. The minimum Gasteiger partial charge on any atom is -0.409 e. The minimum absolute atomic E-state index is 0.364. The Labute approximate surface area is 121 Å². The third kappa shape index (κ3) is 5.11. The number of halogens is 3. The summed E-state index contributed by atoms with van der Waals surface area (Å²) in [4.78, 5) is 5.19. The number of hydroxylamine groups is 1. The summed E-state index contributed by atoms with van der Waals surface area (Å²) in [6, 6.07) is 14.6. The first-order valence-corrected chi connectivity index (χ1v) is 6.66. The highest BCUT2D eigenvalue weighted by Crippen LogP contribution is 2.30. The van der Waals surface area contributed by atoms with Gasteiger partial charge in [0.05, 0.1) is 5.56 Å². The van der Waals surface area contributed by atoms with Crippen LogP contribution in [0.2, 0.25) is 0 Å². The number of benzene rings is 2. The molecule has 2 rings (SSSR count). The van der Waals surface area contributed by atoms with E-state index in [-0.39, 0.29) is 0 Å². The third-order valence-electron chi connectivity index (χ3n) is 2.96. The molecular formula is C16H16F3NO. The molecule has 1 N–H and O–H groups in total. The zero-order valence-electron chi connectivity index (χ0n) is 11.4. The lowest BCUT2D eigenvalue weighted by atomic mass is 10.1. The van der Waals surface area contributed by atoms with Crippen molar-refractivity contribution in [2.24, 2.45) is 0 Å². The highest BCUT2D eigenvalue weighted by atomic mass is 19.4. The Kier molecular flexibility index (Phi) is 5.22. The second-order valence-corrected chi connectivity index (χ2v) is 4.61. The van der Waals surface area contributed by atoms with Gasteiger partial charge in [0.15, 0.2) is 0 Å². The molecular weight excluding hydrogens is 279 g/mol. The Morgan fingerprint density at radius 2 is 1.57 bits per heavy atom. The fourth-order valence-corrected chi connectivity index (χ4v) is 1.86. The Bertz CT molecular complexity index is 538. The Morgan fingerprint density at radius 3 is 2.19 bits per heavy atom. The molecule has 2 nitrogen and oxygen atoms in total. The molecule has 0 aliphatic carbocycles. The van der Waals surface area contributed by atoms with E-state index in [0.717, 1.165) is 25.0 Å².